The highest BCUT2D eigenvalue weighted by molar-refractivity contribution is 7.89. The van der Waals surface area contributed by atoms with Crippen molar-refractivity contribution >= 4 is 32.1 Å². The molecule has 0 amide bonds. The molecule has 3 N–H and O–H groups in total. The molecule has 0 aliphatic rings. The number of aromatic nitrogens is 2. The quantitative estimate of drug-likeness (QED) is 0.616. The van der Waals surface area contributed by atoms with Crippen LogP contribution in [0.1, 0.15) is 20.3 Å². The van der Waals surface area contributed by atoms with Crippen molar-refractivity contribution in [3.63, 3.8) is 0 Å². The molecule has 0 saturated heterocycles. The molecule has 0 radical (unpaired) electrons. The number of rotatable bonds is 6. The standard InChI is InChI=1S/C10H17N5O2S2/c1-3-5-14(4-2)19(16,17)9-8(13-11)12-10-15(9)6-7-18-10/h6-7,13H,3-5,11H2,1-2H3. The second-order valence-electron chi connectivity index (χ2n) is 3.96. The molecule has 0 aromatic carbocycles. The molecular formula is C10H17N5O2S2. The summed E-state index contributed by atoms with van der Waals surface area (Å²) in [5.74, 6) is 5.56. The number of thiazole rings is 1. The minimum absolute atomic E-state index is 0.0987. The first kappa shape index (κ1) is 14.3. The summed E-state index contributed by atoms with van der Waals surface area (Å²) in [5, 5.41) is 1.89. The zero-order valence-corrected chi connectivity index (χ0v) is 12.5. The summed E-state index contributed by atoms with van der Waals surface area (Å²) in [6, 6.07) is 0. The minimum Gasteiger partial charge on any atom is -0.306 e. The number of nitrogens with two attached hydrogens (primary N) is 1. The van der Waals surface area contributed by atoms with Gasteiger partial charge in [-0.15, -0.1) is 11.3 Å². The summed E-state index contributed by atoms with van der Waals surface area (Å²) >= 11 is 1.36. The van der Waals surface area contributed by atoms with Gasteiger partial charge in [-0.05, 0) is 6.42 Å². The molecule has 19 heavy (non-hydrogen) atoms. The third-order valence-corrected chi connectivity index (χ3v) is 5.52. The number of anilines is 1. The van der Waals surface area contributed by atoms with E-state index in [1.54, 1.807) is 16.0 Å². The van der Waals surface area contributed by atoms with Gasteiger partial charge >= 0.3 is 0 Å². The summed E-state index contributed by atoms with van der Waals surface area (Å²) in [7, 11) is -3.61. The van der Waals surface area contributed by atoms with Crippen molar-refractivity contribution in [1.82, 2.24) is 13.7 Å². The van der Waals surface area contributed by atoms with Crippen molar-refractivity contribution in [3.8, 4) is 0 Å². The van der Waals surface area contributed by atoms with Gasteiger partial charge in [0, 0.05) is 24.7 Å². The number of fused-ring (bicyclic) bond motifs is 1. The van der Waals surface area contributed by atoms with Gasteiger partial charge in [-0.2, -0.15) is 9.29 Å². The van der Waals surface area contributed by atoms with Crippen LogP contribution in [0.4, 0.5) is 5.82 Å². The third kappa shape index (κ3) is 2.34. The Kier molecular flexibility index (Phi) is 4.09. The lowest BCUT2D eigenvalue weighted by Gasteiger charge is -2.19. The SMILES string of the molecule is CCCN(CC)S(=O)(=O)c1c(NN)nc2sccn12. The average Bonchev–Trinajstić information content (AvgIpc) is 2.94. The largest absolute Gasteiger partial charge is 0.306 e. The highest BCUT2D eigenvalue weighted by Gasteiger charge is 2.30. The summed E-state index contributed by atoms with van der Waals surface area (Å²) in [6.45, 7) is 4.64. The number of nitrogens with one attached hydrogen (secondary N) is 1. The normalized spacial score (nSPS) is 12.4. The molecule has 0 aliphatic heterocycles. The monoisotopic (exact) mass is 303 g/mol. The van der Waals surface area contributed by atoms with Crippen LogP contribution in [0.2, 0.25) is 0 Å². The van der Waals surface area contributed by atoms with E-state index in [0.29, 0.717) is 18.1 Å². The van der Waals surface area contributed by atoms with E-state index in [1.807, 2.05) is 13.8 Å². The summed E-state index contributed by atoms with van der Waals surface area (Å²) < 4.78 is 28.3. The van der Waals surface area contributed by atoms with Gasteiger partial charge in [-0.3, -0.25) is 4.40 Å². The molecule has 0 spiro atoms. The number of hydrogen-bond acceptors (Lipinski definition) is 6. The van der Waals surface area contributed by atoms with Crippen LogP contribution in [-0.2, 0) is 10.0 Å². The van der Waals surface area contributed by atoms with Gasteiger partial charge in [0.25, 0.3) is 10.0 Å². The topological polar surface area (TPSA) is 92.7 Å². The van der Waals surface area contributed by atoms with E-state index >= 15 is 0 Å². The first-order valence-corrected chi connectivity index (χ1v) is 8.30. The second kappa shape index (κ2) is 5.45. The molecule has 2 aromatic heterocycles. The van der Waals surface area contributed by atoms with Gasteiger partial charge in [-0.1, -0.05) is 13.8 Å². The van der Waals surface area contributed by atoms with Gasteiger partial charge < -0.3 is 5.43 Å². The van der Waals surface area contributed by atoms with E-state index in [4.69, 9.17) is 5.84 Å². The average molecular weight is 303 g/mol. The summed E-state index contributed by atoms with van der Waals surface area (Å²) in [5.41, 5.74) is 2.37. The van der Waals surface area contributed by atoms with Crippen molar-refractivity contribution in [2.24, 2.45) is 5.84 Å². The van der Waals surface area contributed by atoms with E-state index in [1.165, 1.54) is 15.6 Å². The van der Waals surface area contributed by atoms with Crippen LogP contribution in [0.5, 0.6) is 0 Å². The zero-order valence-electron chi connectivity index (χ0n) is 10.8. The van der Waals surface area contributed by atoms with Gasteiger partial charge in [0.2, 0.25) is 5.03 Å². The number of nitrogens with zero attached hydrogens (tertiary/aromatic N) is 3. The predicted octanol–water partition coefficient (Wildman–Crippen LogP) is 1.10. The van der Waals surface area contributed by atoms with E-state index in [2.05, 4.69) is 10.4 Å². The first-order chi connectivity index (χ1) is 9.06. The predicted molar refractivity (Wildman–Crippen MR) is 75.6 cm³/mol. The minimum atomic E-state index is -3.61. The maximum absolute atomic E-state index is 12.7. The fraction of sp³-hybridized carbons (Fsp3) is 0.500. The number of nitrogen functional groups attached to an aromatic ring is 1. The second-order valence-corrected chi connectivity index (χ2v) is 6.69. The fourth-order valence-electron chi connectivity index (χ4n) is 1.93. The molecule has 9 heteroatoms. The first-order valence-electron chi connectivity index (χ1n) is 5.98. The molecule has 2 rings (SSSR count). The van der Waals surface area contributed by atoms with Crippen molar-refractivity contribution < 1.29 is 8.42 Å². The smallest absolute Gasteiger partial charge is 0.262 e. The number of hydrazine groups is 1. The zero-order chi connectivity index (χ0) is 14.0. The molecule has 0 atom stereocenters. The summed E-state index contributed by atoms with van der Waals surface area (Å²) in [4.78, 5) is 4.77. The van der Waals surface area contributed by atoms with Crippen LogP contribution in [0.3, 0.4) is 0 Å². The van der Waals surface area contributed by atoms with E-state index in [9.17, 15) is 8.42 Å². The lowest BCUT2D eigenvalue weighted by Crippen LogP contribution is -2.33. The van der Waals surface area contributed by atoms with Crippen molar-refractivity contribution in [3.05, 3.63) is 11.6 Å². The van der Waals surface area contributed by atoms with E-state index in [0.717, 1.165) is 6.42 Å². The number of imidazole rings is 1. The Hall–Kier alpha value is -1.16. The number of hydrogen-bond donors (Lipinski definition) is 2. The van der Waals surface area contributed by atoms with Crippen LogP contribution in [0, 0.1) is 0 Å². The number of sulfonamides is 1. The van der Waals surface area contributed by atoms with Crippen LogP contribution >= 0.6 is 11.3 Å². The molecule has 0 saturated carbocycles. The maximum atomic E-state index is 12.7. The fourth-order valence-corrected chi connectivity index (χ4v) is 4.45. The molecule has 2 aromatic rings. The van der Waals surface area contributed by atoms with Gasteiger partial charge in [-0.25, -0.2) is 14.3 Å². The molecule has 7 nitrogen and oxygen atoms in total. The Morgan fingerprint density at radius 2 is 2.26 bits per heavy atom. The van der Waals surface area contributed by atoms with Crippen LogP contribution in [0.25, 0.3) is 4.96 Å². The summed E-state index contributed by atoms with van der Waals surface area (Å²) in [6.07, 6.45) is 2.44. The molecule has 0 aliphatic carbocycles. The Morgan fingerprint density at radius 3 is 2.84 bits per heavy atom. The van der Waals surface area contributed by atoms with Crippen molar-refractivity contribution in [2.45, 2.75) is 25.3 Å². The van der Waals surface area contributed by atoms with Crippen molar-refractivity contribution in [2.75, 3.05) is 18.5 Å². The van der Waals surface area contributed by atoms with Gasteiger partial charge in [0.1, 0.15) is 0 Å². The van der Waals surface area contributed by atoms with E-state index in [-0.39, 0.29) is 10.8 Å². The Labute approximate surface area is 116 Å². The maximum Gasteiger partial charge on any atom is 0.262 e. The highest BCUT2D eigenvalue weighted by atomic mass is 32.2. The van der Waals surface area contributed by atoms with E-state index < -0.39 is 10.0 Å². The lowest BCUT2D eigenvalue weighted by atomic mass is 10.5. The molecular weight excluding hydrogens is 286 g/mol. The Balaban J connectivity index is 2.61. The molecule has 2 heterocycles. The van der Waals surface area contributed by atoms with Crippen LogP contribution < -0.4 is 11.3 Å². The van der Waals surface area contributed by atoms with Gasteiger partial charge in [0.05, 0.1) is 0 Å². The Morgan fingerprint density at radius 1 is 1.53 bits per heavy atom. The molecule has 106 valence electrons. The van der Waals surface area contributed by atoms with Gasteiger partial charge in [0.15, 0.2) is 10.8 Å². The molecule has 0 fully saturated rings. The molecule has 0 unspecified atom stereocenters. The highest BCUT2D eigenvalue weighted by Crippen LogP contribution is 2.27. The third-order valence-electron chi connectivity index (χ3n) is 2.76. The van der Waals surface area contributed by atoms with Crippen molar-refractivity contribution in [1.29, 1.82) is 0 Å². The van der Waals surface area contributed by atoms with Crippen LogP contribution in [-0.4, -0.2) is 35.2 Å². The molecule has 0 bridgehead atoms. The Bertz CT molecular complexity index is 661. The van der Waals surface area contributed by atoms with Crippen LogP contribution in [0.15, 0.2) is 16.6 Å². The lowest BCUT2D eigenvalue weighted by molar-refractivity contribution is 0.424.